The third-order valence-corrected chi connectivity index (χ3v) is 5.13. The van der Waals surface area contributed by atoms with Gasteiger partial charge in [-0.15, -0.1) is 0 Å². The minimum absolute atomic E-state index is 0.0431. The van der Waals surface area contributed by atoms with Crippen LogP contribution in [0.3, 0.4) is 0 Å². The zero-order valence-electron chi connectivity index (χ0n) is 11.0. The van der Waals surface area contributed by atoms with Crippen LogP contribution < -0.4 is 10.5 Å². The van der Waals surface area contributed by atoms with Crippen LogP contribution in [0.4, 0.5) is 5.69 Å². The summed E-state index contributed by atoms with van der Waals surface area (Å²) < 4.78 is 48.7. The van der Waals surface area contributed by atoms with Gasteiger partial charge in [0, 0.05) is 12.3 Å². The van der Waals surface area contributed by atoms with Gasteiger partial charge >= 0.3 is 0 Å². The maximum atomic E-state index is 12.1. The lowest BCUT2D eigenvalue weighted by atomic mass is 10.2. The van der Waals surface area contributed by atoms with E-state index in [-0.39, 0.29) is 16.3 Å². The highest BCUT2D eigenvalue weighted by Crippen LogP contribution is 2.19. The molecule has 0 bridgehead atoms. The first-order valence-electron chi connectivity index (χ1n) is 5.57. The number of sulfonamides is 1. The van der Waals surface area contributed by atoms with Crippen LogP contribution >= 0.6 is 0 Å². The molecule has 1 atom stereocenters. The van der Waals surface area contributed by atoms with E-state index in [1.54, 1.807) is 19.1 Å². The first kappa shape index (κ1) is 15.9. The van der Waals surface area contributed by atoms with Gasteiger partial charge in [-0.2, -0.15) is 0 Å². The van der Waals surface area contributed by atoms with Gasteiger partial charge in [-0.3, -0.25) is 0 Å². The minimum atomic E-state index is -3.82. The Morgan fingerprint density at radius 3 is 2.32 bits per heavy atom. The number of nitrogen functional groups attached to an aromatic ring is 1. The minimum Gasteiger partial charge on any atom is -0.398 e. The van der Waals surface area contributed by atoms with E-state index in [9.17, 15) is 16.8 Å². The molecule has 0 amide bonds. The van der Waals surface area contributed by atoms with Gasteiger partial charge in [0.2, 0.25) is 10.0 Å². The van der Waals surface area contributed by atoms with E-state index in [0.717, 1.165) is 11.8 Å². The zero-order valence-corrected chi connectivity index (χ0v) is 12.7. The smallest absolute Gasteiger partial charge is 0.242 e. The van der Waals surface area contributed by atoms with Gasteiger partial charge < -0.3 is 5.73 Å². The van der Waals surface area contributed by atoms with Crippen molar-refractivity contribution in [2.45, 2.75) is 24.8 Å². The summed E-state index contributed by atoms with van der Waals surface area (Å²) in [5.41, 5.74) is 6.66. The van der Waals surface area contributed by atoms with Crippen molar-refractivity contribution >= 4 is 25.5 Å². The van der Waals surface area contributed by atoms with Gasteiger partial charge in [0.1, 0.15) is 14.7 Å². The van der Waals surface area contributed by atoms with Crippen LogP contribution in [-0.4, -0.2) is 34.9 Å². The molecular formula is C11H18N2O4S2. The molecule has 0 saturated carbocycles. The Bertz CT molecular complexity index is 666. The van der Waals surface area contributed by atoms with Crippen molar-refractivity contribution in [2.75, 3.05) is 17.7 Å². The molecule has 8 heteroatoms. The normalized spacial score (nSPS) is 14.3. The Kier molecular flexibility index (Phi) is 4.59. The second-order valence-corrected chi connectivity index (χ2v) is 8.52. The third kappa shape index (κ3) is 4.81. The van der Waals surface area contributed by atoms with E-state index in [0.29, 0.717) is 0 Å². The SMILES string of the molecule is Cc1ccc(S(=O)(=O)NC(C)CS(C)(=O)=O)c(N)c1. The molecule has 1 aromatic carbocycles. The highest BCUT2D eigenvalue weighted by molar-refractivity contribution is 7.91. The van der Waals surface area contributed by atoms with Crippen LogP contribution in [0, 0.1) is 6.92 Å². The predicted octanol–water partition coefficient (Wildman–Crippen LogP) is 0.289. The average molecular weight is 306 g/mol. The Morgan fingerprint density at radius 1 is 1.26 bits per heavy atom. The van der Waals surface area contributed by atoms with E-state index in [1.165, 1.54) is 13.0 Å². The van der Waals surface area contributed by atoms with Crippen LogP contribution in [0.1, 0.15) is 12.5 Å². The van der Waals surface area contributed by atoms with Crippen LogP contribution in [0.25, 0.3) is 0 Å². The van der Waals surface area contributed by atoms with Crippen molar-refractivity contribution in [3.8, 4) is 0 Å². The monoisotopic (exact) mass is 306 g/mol. The van der Waals surface area contributed by atoms with E-state index < -0.39 is 25.9 Å². The summed E-state index contributed by atoms with van der Waals surface area (Å²) >= 11 is 0. The second-order valence-electron chi connectivity index (χ2n) is 4.66. The molecule has 1 aromatic rings. The molecule has 0 aliphatic carbocycles. The maximum Gasteiger partial charge on any atom is 0.242 e. The Hall–Kier alpha value is -1.12. The summed E-state index contributed by atoms with van der Waals surface area (Å²) in [6.45, 7) is 3.29. The Morgan fingerprint density at radius 2 is 1.84 bits per heavy atom. The Labute approximate surface area is 114 Å². The first-order valence-corrected chi connectivity index (χ1v) is 9.12. The molecule has 0 heterocycles. The first-order chi connectivity index (χ1) is 8.51. The number of anilines is 1. The molecule has 0 fully saturated rings. The number of hydrogen-bond acceptors (Lipinski definition) is 5. The number of sulfone groups is 1. The summed E-state index contributed by atoms with van der Waals surface area (Å²) in [4.78, 5) is -0.0431. The number of nitrogens with two attached hydrogens (primary N) is 1. The largest absolute Gasteiger partial charge is 0.398 e. The van der Waals surface area contributed by atoms with Crippen LogP contribution in [0.2, 0.25) is 0 Å². The lowest BCUT2D eigenvalue weighted by molar-refractivity contribution is 0.565. The quantitative estimate of drug-likeness (QED) is 0.760. The summed E-state index contributed by atoms with van der Waals surface area (Å²) in [6, 6.07) is 3.86. The molecule has 0 aromatic heterocycles. The molecular weight excluding hydrogens is 288 g/mol. The fourth-order valence-electron chi connectivity index (χ4n) is 1.73. The third-order valence-electron chi connectivity index (χ3n) is 2.36. The number of nitrogens with one attached hydrogen (secondary N) is 1. The predicted molar refractivity (Wildman–Crippen MR) is 75.1 cm³/mol. The van der Waals surface area contributed by atoms with Crippen LogP contribution in [0.15, 0.2) is 23.1 Å². The van der Waals surface area contributed by atoms with Crippen molar-refractivity contribution in [3.63, 3.8) is 0 Å². The molecule has 6 nitrogen and oxygen atoms in total. The van der Waals surface area contributed by atoms with Gasteiger partial charge in [0.25, 0.3) is 0 Å². The average Bonchev–Trinajstić information content (AvgIpc) is 2.11. The van der Waals surface area contributed by atoms with Gasteiger partial charge in [0.05, 0.1) is 11.4 Å². The summed E-state index contributed by atoms with van der Waals surface area (Å²) in [5, 5.41) is 0. The molecule has 1 rings (SSSR count). The standard InChI is InChI=1S/C11H18N2O4S2/c1-8-4-5-11(10(12)6-8)19(16,17)13-9(2)7-18(3,14)15/h4-6,9,13H,7,12H2,1-3H3. The number of rotatable bonds is 5. The molecule has 0 radical (unpaired) electrons. The molecule has 3 N–H and O–H groups in total. The van der Waals surface area contributed by atoms with E-state index in [4.69, 9.17) is 5.73 Å². The summed E-state index contributed by atoms with van der Waals surface area (Å²) in [6.07, 6.45) is 1.05. The fraction of sp³-hybridized carbons (Fsp3) is 0.455. The number of hydrogen-bond donors (Lipinski definition) is 2. The van der Waals surface area contributed by atoms with Crippen LogP contribution in [-0.2, 0) is 19.9 Å². The number of benzene rings is 1. The van der Waals surface area contributed by atoms with Gasteiger partial charge in [-0.25, -0.2) is 21.6 Å². The van der Waals surface area contributed by atoms with Crippen molar-refractivity contribution in [1.29, 1.82) is 0 Å². The highest BCUT2D eigenvalue weighted by atomic mass is 32.2. The molecule has 1 unspecified atom stereocenters. The molecule has 0 spiro atoms. The van der Waals surface area contributed by atoms with Gasteiger partial charge in [-0.1, -0.05) is 6.07 Å². The molecule has 0 aliphatic heterocycles. The van der Waals surface area contributed by atoms with E-state index >= 15 is 0 Å². The summed E-state index contributed by atoms with van der Waals surface area (Å²) in [7, 11) is -7.07. The van der Waals surface area contributed by atoms with Crippen molar-refractivity contribution < 1.29 is 16.8 Å². The molecule has 0 saturated heterocycles. The van der Waals surface area contributed by atoms with Crippen molar-refractivity contribution in [2.24, 2.45) is 0 Å². The lowest BCUT2D eigenvalue weighted by Crippen LogP contribution is -2.37. The number of aryl methyl sites for hydroxylation is 1. The fourth-order valence-corrected chi connectivity index (χ4v) is 4.18. The van der Waals surface area contributed by atoms with Crippen molar-refractivity contribution in [1.82, 2.24) is 4.72 Å². The van der Waals surface area contributed by atoms with Gasteiger partial charge in [-0.05, 0) is 31.5 Å². The maximum absolute atomic E-state index is 12.1. The Balaban J connectivity index is 2.99. The zero-order chi connectivity index (χ0) is 14.8. The molecule has 0 aliphatic rings. The summed E-state index contributed by atoms with van der Waals surface area (Å²) in [5.74, 6) is -0.266. The van der Waals surface area contributed by atoms with E-state index in [2.05, 4.69) is 4.72 Å². The van der Waals surface area contributed by atoms with Crippen molar-refractivity contribution in [3.05, 3.63) is 23.8 Å². The van der Waals surface area contributed by atoms with Crippen LogP contribution in [0.5, 0.6) is 0 Å². The second kappa shape index (κ2) is 5.48. The molecule has 19 heavy (non-hydrogen) atoms. The topological polar surface area (TPSA) is 106 Å². The highest BCUT2D eigenvalue weighted by Gasteiger charge is 2.21. The van der Waals surface area contributed by atoms with E-state index in [1.807, 2.05) is 0 Å². The molecule has 108 valence electrons. The lowest BCUT2D eigenvalue weighted by Gasteiger charge is -2.14. The van der Waals surface area contributed by atoms with Gasteiger partial charge in [0.15, 0.2) is 0 Å².